The summed E-state index contributed by atoms with van der Waals surface area (Å²) in [5.74, 6) is -1.68. The van der Waals surface area contributed by atoms with Crippen molar-refractivity contribution < 1.29 is 75.8 Å². The van der Waals surface area contributed by atoms with Crippen LogP contribution in [0.3, 0.4) is 0 Å². The molecule has 0 amide bonds. The van der Waals surface area contributed by atoms with Gasteiger partial charge in [0.1, 0.15) is 25.4 Å². The number of phosphoric ester groups is 2. The molecule has 0 aromatic carbocycles. The Morgan fingerprint density at radius 3 is 1.09 bits per heavy atom. The molecular formula is C63H104O16P2. The van der Waals surface area contributed by atoms with Gasteiger partial charge in [-0.3, -0.25) is 32.5 Å². The number of allylic oxidation sites excluding steroid dienone is 20. The van der Waals surface area contributed by atoms with Crippen LogP contribution < -0.4 is 0 Å². The molecule has 0 saturated heterocycles. The summed E-state index contributed by atoms with van der Waals surface area (Å²) in [5.41, 5.74) is 0. The molecule has 0 rings (SSSR count). The molecule has 16 nitrogen and oxygen atoms in total. The lowest BCUT2D eigenvalue weighted by Crippen LogP contribution is -2.30. The molecule has 0 radical (unpaired) electrons. The Hall–Kier alpha value is -4.05. The van der Waals surface area contributed by atoms with Crippen molar-refractivity contribution in [2.75, 3.05) is 39.6 Å². The second-order valence-electron chi connectivity index (χ2n) is 19.4. The molecule has 0 aromatic heterocycles. The Kier molecular flexibility index (Phi) is 53.6. The number of unbranched alkanes of at least 4 members (excludes halogenated alkanes) is 12. The van der Waals surface area contributed by atoms with Crippen LogP contribution in [0.1, 0.15) is 201 Å². The van der Waals surface area contributed by atoms with Crippen LogP contribution in [0.15, 0.2) is 122 Å². The summed E-state index contributed by atoms with van der Waals surface area (Å²) in [6.07, 6.45) is 61.4. The van der Waals surface area contributed by atoms with E-state index in [0.29, 0.717) is 25.7 Å². The molecule has 0 fully saturated rings. The molecule has 0 aliphatic carbocycles. The number of phosphoric acid groups is 2. The number of esters is 3. The van der Waals surface area contributed by atoms with E-state index in [-0.39, 0.29) is 19.3 Å². The average molecular weight is 1180 g/mol. The zero-order valence-corrected chi connectivity index (χ0v) is 51.2. The molecule has 0 saturated carbocycles. The van der Waals surface area contributed by atoms with Gasteiger partial charge >= 0.3 is 33.6 Å². The number of carbonyl (C=O) groups is 3. The van der Waals surface area contributed by atoms with E-state index in [1.807, 2.05) is 12.2 Å². The van der Waals surface area contributed by atoms with Crippen LogP contribution in [0, 0.1) is 0 Å². The first-order valence-electron chi connectivity index (χ1n) is 29.8. The fraction of sp³-hybridized carbons (Fsp3) is 0.635. The summed E-state index contributed by atoms with van der Waals surface area (Å²) in [5, 5.41) is 20.4. The molecule has 4 N–H and O–H groups in total. The molecule has 462 valence electrons. The third kappa shape index (κ3) is 57.6. The minimum atomic E-state index is -4.93. The van der Waals surface area contributed by atoms with Gasteiger partial charge in [-0.1, -0.05) is 187 Å². The lowest BCUT2D eigenvalue weighted by molar-refractivity contribution is -0.161. The van der Waals surface area contributed by atoms with Crippen LogP contribution >= 0.6 is 15.6 Å². The highest BCUT2D eigenvalue weighted by atomic mass is 31.2. The van der Waals surface area contributed by atoms with Gasteiger partial charge in [0.2, 0.25) is 0 Å². The highest BCUT2D eigenvalue weighted by molar-refractivity contribution is 7.47. The van der Waals surface area contributed by atoms with E-state index in [1.54, 1.807) is 0 Å². The van der Waals surface area contributed by atoms with Gasteiger partial charge in [0.05, 0.1) is 26.4 Å². The third-order valence-electron chi connectivity index (χ3n) is 11.6. The lowest BCUT2D eigenvalue weighted by Gasteiger charge is -2.21. The molecular weight excluding hydrogens is 1070 g/mol. The smallest absolute Gasteiger partial charge is 0.463 e. The van der Waals surface area contributed by atoms with Crippen molar-refractivity contribution in [1.29, 1.82) is 0 Å². The van der Waals surface area contributed by atoms with E-state index in [4.69, 9.17) is 32.3 Å². The molecule has 5 unspecified atom stereocenters. The lowest BCUT2D eigenvalue weighted by atomic mass is 10.1. The largest absolute Gasteiger partial charge is 0.472 e. The highest BCUT2D eigenvalue weighted by Gasteiger charge is 2.29. The average Bonchev–Trinajstić information content (AvgIpc) is 3.44. The molecule has 0 aliphatic rings. The summed E-state index contributed by atoms with van der Waals surface area (Å²) in [7, 11) is -9.79. The fourth-order valence-corrected chi connectivity index (χ4v) is 8.71. The summed E-state index contributed by atoms with van der Waals surface area (Å²) in [6, 6.07) is 0. The number of ether oxygens (including phenoxy) is 3. The van der Waals surface area contributed by atoms with E-state index in [0.717, 1.165) is 135 Å². The van der Waals surface area contributed by atoms with Crippen LogP contribution in [0.2, 0.25) is 0 Å². The van der Waals surface area contributed by atoms with E-state index >= 15 is 0 Å². The van der Waals surface area contributed by atoms with Crippen molar-refractivity contribution in [2.24, 2.45) is 0 Å². The van der Waals surface area contributed by atoms with Gasteiger partial charge in [-0.25, -0.2) is 9.13 Å². The Morgan fingerprint density at radius 1 is 0.358 bits per heavy atom. The molecule has 0 aromatic rings. The third-order valence-corrected chi connectivity index (χ3v) is 13.5. The summed E-state index contributed by atoms with van der Waals surface area (Å²) < 4.78 is 60.5. The SMILES string of the molecule is CC/C=C\C/C=C\C/C=C\C/C=C\C/C=C\CCCC(=O)OCC(O)COP(=O)(O)OCC(O)COP(=O)(O)OCC(COC(=O)CCCCCCC/C=C\C/C=C\C/C=C\CC)OC(=O)CCCCCCC/C=C\C/C=C\CCC. The minimum Gasteiger partial charge on any atom is -0.463 e. The molecule has 18 heteroatoms. The first-order chi connectivity index (χ1) is 39.2. The first kappa shape index (κ1) is 77.0. The van der Waals surface area contributed by atoms with Gasteiger partial charge in [0.15, 0.2) is 6.10 Å². The first-order valence-corrected chi connectivity index (χ1v) is 32.8. The van der Waals surface area contributed by atoms with Crippen molar-refractivity contribution in [2.45, 2.75) is 219 Å². The number of hydrogen-bond donors (Lipinski definition) is 4. The Bertz CT molecular complexity index is 1970. The fourth-order valence-electron chi connectivity index (χ4n) is 7.13. The van der Waals surface area contributed by atoms with Gasteiger partial charge in [-0.15, -0.1) is 0 Å². The predicted octanol–water partition coefficient (Wildman–Crippen LogP) is 15.5. The molecule has 0 heterocycles. The normalized spacial score (nSPS) is 15.3. The Balaban J connectivity index is 4.76. The zero-order chi connectivity index (χ0) is 59.6. The number of aliphatic hydroxyl groups is 2. The van der Waals surface area contributed by atoms with Crippen molar-refractivity contribution in [3.05, 3.63) is 122 Å². The second kappa shape index (κ2) is 56.4. The van der Waals surface area contributed by atoms with Crippen LogP contribution in [-0.2, 0) is 55.8 Å². The van der Waals surface area contributed by atoms with Crippen molar-refractivity contribution in [3.63, 3.8) is 0 Å². The second-order valence-corrected chi connectivity index (χ2v) is 22.3. The zero-order valence-electron chi connectivity index (χ0n) is 49.4. The van der Waals surface area contributed by atoms with Crippen LogP contribution in [-0.4, -0.2) is 95.9 Å². The standard InChI is InChI=1S/C63H104O16P2/c1-4-7-10-13-16-19-22-25-27-28-30-33-34-37-40-43-46-49-61(66)73-52-58(64)53-75-80(69,70)76-54-59(65)55-77-81(71,72)78-57-60(79-63(68)51-48-45-42-39-36-31-24-21-18-15-12-9-6-3)56-74-62(67)50-47-44-41-38-35-32-29-26-23-20-17-14-11-8-5-2/h7-8,10-12,15-17,19-21,24-27,29-30,33,37,40,58-60,64-65H,4-6,9,13-14,18,22-23,28,31-32,34-36,38-39,41-57H2,1-3H3,(H,69,70)(H,71,72)/b10-7-,11-8-,15-12-,19-16-,20-17-,24-21-,27-25-,29-26-,33-30-,40-37-. The molecule has 0 bridgehead atoms. The van der Waals surface area contributed by atoms with E-state index in [2.05, 4.69) is 130 Å². The molecule has 5 atom stereocenters. The van der Waals surface area contributed by atoms with Gasteiger partial charge in [-0.05, 0) is 116 Å². The van der Waals surface area contributed by atoms with Gasteiger partial charge in [-0.2, -0.15) is 0 Å². The monoisotopic (exact) mass is 1180 g/mol. The molecule has 0 aliphatic heterocycles. The van der Waals surface area contributed by atoms with E-state index in [9.17, 15) is 43.5 Å². The summed E-state index contributed by atoms with van der Waals surface area (Å²) in [6.45, 7) is 2.22. The molecule has 0 spiro atoms. The van der Waals surface area contributed by atoms with E-state index < -0.39 is 91.5 Å². The number of rotatable bonds is 55. The van der Waals surface area contributed by atoms with Crippen LogP contribution in [0.4, 0.5) is 0 Å². The maximum atomic E-state index is 12.8. The van der Waals surface area contributed by atoms with Crippen molar-refractivity contribution in [3.8, 4) is 0 Å². The topological polar surface area (TPSA) is 231 Å². The van der Waals surface area contributed by atoms with E-state index in [1.165, 1.54) is 0 Å². The van der Waals surface area contributed by atoms with Gasteiger partial charge < -0.3 is 34.2 Å². The van der Waals surface area contributed by atoms with Crippen LogP contribution in [0.25, 0.3) is 0 Å². The quantitative estimate of drug-likeness (QED) is 0.0146. The van der Waals surface area contributed by atoms with Crippen molar-refractivity contribution >= 4 is 33.6 Å². The van der Waals surface area contributed by atoms with Gasteiger partial charge in [0, 0.05) is 19.3 Å². The highest BCUT2D eigenvalue weighted by Crippen LogP contribution is 2.45. The number of aliphatic hydroxyl groups excluding tert-OH is 2. The minimum absolute atomic E-state index is 0.0794. The molecule has 81 heavy (non-hydrogen) atoms. The maximum absolute atomic E-state index is 12.8. The van der Waals surface area contributed by atoms with Crippen molar-refractivity contribution in [1.82, 2.24) is 0 Å². The Morgan fingerprint density at radius 2 is 0.667 bits per heavy atom. The van der Waals surface area contributed by atoms with Crippen LogP contribution in [0.5, 0.6) is 0 Å². The van der Waals surface area contributed by atoms with Gasteiger partial charge in [0.25, 0.3) is 0 Å². The Labute approximate surface area is 487 Å². The summed E-state index contributed by atoms with van der Waals surface area (Å²) in [4.78, 5) is 58.1. The number of hydrogen-bond acceptors (Lipinski definition) is 14. The number of carbonyl (C=O) groups excluding carboxylic acids is 3. The predicted molar refractivity (Wildman–Crippen MR) is 325 cm³/mol. The maximum Gasteiger partial charge on any atom is 0.472 e. The summed E-state index contributed by atoms with van der Waals surface area (Å²) >= 11 is 0.